The van der Waals surface area contributed by atoms with Crippen LogP contribution in [0.15, 0.2) is 18.2 Å². The largest absolute Gasteiger partial charge is 0.399 e. The SMILES string of the molecule is CC1(C)C(O)CC1NC(=O)c1cc(N)cc(F)c1. The molecule has 0 bridgehead atoms. The zero-order valence-corrected chi connectivity index (χ0v) is 10.4. The van der Waals surface area contributed by atoms with Gasteiger partial charge in [-0.3, -0.25) is 4.79 Å². The van der Waals surface area contributed by atoms with Crippen molar-refractivity contribution in [3.63, 3.8) is 0 Å². The summed E-state index contributed by atoms with van der Waals surface area (Å²) in [6, 6.07) is 3.63. The first-order valence-electron chi connectivity index (χ1n) is 5.85. The van der Waals surface area contributed by atoms with E-state index in [0.29, 0.717) is 6.42 Å². The molecule has 2 unspecified atom stereocenters. The molecule has 0 heterocycles. The van der Waals surface area contributed by atoms with E-state index in [1.165, 1.54) is 6.07 Å². The molecular weight excluding hydrogens is 235 g/mol. The van der Waals surface area contributed by atoms with Crippen molar-refractivity contribution >= 4 is 11.6 Å². The van der Waals surface area contributed by atoms with Crippen LogP contribution in [0.1, 0.15) is 30.6 Å². The smallest absolute Gasteiger partial charge is 0.251 e. The lowest BCUT2D eigenvalue weighted by Crippen LogP contribution is -2.61. The minimum atomic E-state index is -0.534. The number of amides is 1. The van der Waals surface area contributed by atoms with Gasteiger partial charge in [0.15, 0.2) is 0 Å². The number of halogens is 1. The van der Waals surface area contributed by atoms with E-state index in [4.69, 9.17) is 5.73 Å². The summed E-state index contributed by atoms with van der Waals surface area (Å²) in [4.78, 5) is 11.9. The summed E-state index contributed by atoms with van der Waals surface area (Å²) in [5.41, 5.74) is 5.55. The Balaban J connectivity index is 2.09. The summed E-state index contributed by atoms with van der Waals surface area (Å²) in [5, 5.41) is 12.4. The van der Waals surface area contributed by atoms with E-state index in [0.717, 1.165) is 12.1 Å². The number of hydrogen-bond acceptors (Lipinski definition) is 3. The van der Waals surface area contributed by atoms with Gasteiger partial charge in [-0.1, -0.05) is 13.8 Å². The fourth-order valence-electron chi connectivity index (χ4n) is 2.13. The Hall–Kier alpha value is -1.62. The fraction of sp³-hybridized carbons (Fsp3) is 0.462. The molecule has 2 rings (SSSR count). The zero-order chi connectivity index (χ0) is 13.5. The van der Waals surface area contributed by atoms with Crippen LogP contribution in [-0.4, -0.2) is 23.2 Å². The monoisotopic (exact) mass is 252 g/mol. The van der Waals surface area contributed by atoms with Crippen LogP contribution in [0.5, 0.6) is 0 Å². The molecule has 1 fully saturated rings. The van der Waals surface area contributed by atoms with Crippen molar-refractivity contribution < 1.29 is 14.3 Å². The number of benzene rings is 1. The fourth-order valence-corrected chi connectivity index (χ4v) is 2.13. The maximum absolute atomic E-state index is 13.1. The summed E-state index contributed by atoms with van der Waals surface area (Å²) in [5.74, 6) is -0.903. The van der Waals surface area contributed by atoms with Crippen molar-refractivity contribution in [2.24, 2.45) is 5.41 Å². The van der Waals surface area contributed by atoms with Crippen LogP contribution in [0, 0.1) is 11.2 Å². The zero-order valence-electron chi connectivity index (χ0n) is 10.4. The molecule has 1 aromatic rings. The molecule has 0 saturated heterocycles. The summed E-state index contributed by atoms with van der Waals surface area (Å²) < 4.78 is 13.1. The van der Waals surface area contributed by atoms with Crippen LogP contribution in [-0.2, 0) is 0 Å². The van der Waals surface area contributed by atoms with Crippen molar-refractivity contribution in [1.82, 2.24) is 5.32 Å². The number of rotatable bonds is 2. The van der Waals surface area contributed by atoms with Gasteiger partial charge in [0.1, 0.15) is 5.82 Å². The first-order chi connectivity index (χ1) is 8.30. The quantitative estimate of drug-likeness (QED) is 0.694. The maximum atomic E-state index is 13.1. The van der Waals surface area contributed by atoms with Crippen molar-refractivity contribution in [1.29, 1.82) is 0 Å². The van der Waals surface area contributed by atoms with Gasteiger partial charge < -0.3 is 16.2 Å². The standard InChI is InChI=1S/C13H17FN2O2/c1-13(2)10(6-11(13)17)16-12(18)7-3-8(14)5-9(15)4-7/h3-5,10-11,17H,6,15H2,1-2H3,(H,16,18). The number of nitrogens with one attached hydrogen (secondary N) is 1. The van der Waals surface area contributed by atoms with Gasteiger partial charge in [0.05, 0.1) is 6.10 Å². The van der Waals surface area contributed by atoms with Crippen molar-refractivity contribution in [3.8, 4) is 0 Å². The predicted octanol–water partition coefficient (Wildman–Crippen LogP) is 1.30. The second-order valence-electron chi connectivity index (χ2n) is 5.37. The number of carbonyl (C=O) groups is 1. The van der Waals surface area contributed by atoms with Gasteiger partial charge in [0.25, 0.3) is 5.91 Å². The normalized spacial score (nSPS) is 25.3. The molecule has 2 atom stereocenters. The molecule has 1 aliphatic rings. The average Bonchev–Trinajstić information content (AvgIpc) is 2.27. The second-order valence-corrected chi connectivity index (χ2v) is 5.37. The van der Waals surface area contributed by atoms with E-state index < -0.39 is 11.9 Å². The number of nitrogen functional groups attached to an aromatic ring is 1. The highest BCUT2D eigenvalue weighted by molar-refractivity contribution is 5.95. The molecule has 1 amide bonds. The third kappa shape index (κ3) is 2.18. The van der Waals surface area contributed by atoms with Crippen LogP contribution in [0.25, 0.3) is 0 Å². The van der Waals surface area contributed by atoms with Crippen LogP contribution >= 0.6 is 0 Å². The lowest BCUT2D eigenvalue weighted by atomic mass is 9.64. The van der Waals surface area contributed by atoms with Crippen LogP contribution in [0.4, 0.5) is 10.1 Å². The maximum Gasteiger partial charge on any atom is 0.251 e. The van der Waals surface area contributed by atoms with E-state index in [1.807, 2.05) is 13.8 Å². The van der Waals surface area contributed by atoms with Gasteiger partial charge in [-0.25, -0.2) is 4.39 Å². The number of carbonyl (C=O) groups excluding carboxylic acids is 1. The van der Waals surface area contributed by atoms with Gasteiger partial charge in [-0.2, -0.15) is 0 Å². The minimum absolute atomic E-state index is 0.107. The highest BCUT2D eigenvalue weighted by Crippen LogP contribution is 2.40. The van der Waals surface area contributed by atoms with Crippen LogP contribution in [0.3, 0.4) is 0 Å². The Labute approximate surface area is 105 Å². The molecule has 5 heteroatoms. The number of nitrogens with two attached hydrogens (primary N) is 1. The van der Waals surface area contributed by atoms with Gasteiger partial charge in [0, 0.05) is 22.7 Å². The third-order valence-electron chi connectivity index (χ3n) is 3.70. The number of hydrogen-bond donors (Lipinski definition) is 3. The van der Waals surface area contributed by atoms with Gasteiger partial charge in [0.2, 0.25) is 0 Å². The highest BCUT2D eigenvalue weighted by Gasteiger charge is 2.47. The lowest BCUT2D eigenvalue weighted by Gasteiger charge is -2.49. The second kappa shape index (κ2) is 4.24. The topological polar surface area (TPSA) is 75.3 Å². The van der Waals surface area contributed by atoms with Crippen LogP contribution < -0.4 is 11.1 Å². The molecule has 0 spiro atoms. The van der Waals surface area contributed by atoms with Gasteiger partial charge >= 0.3 is 0 Å². The molecule has 1 aliphatic carbocycles. The number of anilines is 1. The molecule has 18 heavy (non-hydrogen) atoms. The Morgan fingerprint density at radius 2 is 2.17 bits per heavy atom. The number of aliphatic hydroxyl groups excluding tert-OH is 1. The Bertz CT molecular complexity index is 468. The van der Waals surface area contributed by atoms with Gasteiger partial charge in [-0.05, 0) is 24.6 Å². The predicted molar refractivity (Wildman–Crippen MR) is 66.5 cm³/mol. The Morgan fingerprint density at radius 1 is 1.50 bits per heavy atom. The molecule has 0 aliphatic heterocycles. The summed E-state index contributed by atoms with van der Waals surface area (Å²) in [7, 11) is 0. The molecule has 4 N–H and O–H groups in total. The molecular formula is C13H17FN2O2. The molecule has 1 aromatic carbocycles. The Kier molecular flexibility index (Phi) is 3.02. The molecule has 98 valence electrons. The minimum Gasteiger partial charge on any atom is -0.399 e. The van der Waals surface area contributed by atoms with E-state index in [9.17, 15) is 14.3 Å². The van der Waals surface area contributed by atoms with Crippen molar-refractivity contribution in [2.45, 2.75) is 32.4 Å². The Morgan fingerprint density at radius 3 is 2.67 bits per heavy atom. The molecule has 4 nitrogen and oxygen atoms in total. The first kappa shape index (κ1) is 12.8. The van der Waals surface area contributed by atoms with Crippen molar-refractivity contribution in [2.75, 3.05) is 5.73 Å². The molecule has 0 radical (unpaired) electrons. The summed E-state index contributed by atoms with van der Waals surface area (Å²) in [6.45, 7) is 3.76. The van der Waals surface area contributed by atoms with E-state index in [-0.39, 0.29) is 28.6 Å². The van der Waals surface area contributed by atoms with E-state index >= 15 is 0 Å². The van der Waals surface area contributed by atoms with Crippen molar-refractivity contribution in [3.05, 3.63) is 29.6 Å². The highest BCUT2D eigenvalue weighted by atomic mass is 19.1. The first-order valence-corrected chi connectivity index (χ1v) is 5.85. The molecule has 1 saturated carbocycles. The van der Waals surface area contributed by atoms with Gasteiger partial charge in [-0.15, -0.1) is 0 Å². The summed E-state index contributed by atoms with van der Waals surface area (Å²) in [6.07, 6.45) is 0.101. The van der Waals surface area contributed by atoms with E-state index in [2.05, 4.69) is 5.32 Å². The average molecular weight is 252 g/mol. The third-order valence-corrected chi connectivity index (χ3v) is 3.70. The lowest BCUT2D eigenvalue weighted by molar-refractivity contribution is -0.0689. The van der Waals surface area contributed by atoms with E-state index in [1.54, 1.807) is 0 Å². The number of aliphatic hydroxyl groups is 1. The van der Waals surface area contributed by atoms with Crippen LogP contribution in [0.2, 0.25) is 0 Å². The molecule has 0 aromatic heterocycles. The summed E-state index contributed by atoms with van der Waals surface area (Å²) >= 11 is 0.